The van der Waals surface area contributed by atoms with Crippen LogP contribution in [-0.2, 0) is 14.8 Å². The molecule has 5 nitrogen and oxygen atoms in total. The predicted octanol–water partition coefficient (Wildman–Crippen LogP) is 3.60. The van der Waals surface area contributed by atoms with Gasteiger partial charge in [0.25, 0.3) is 0 Å². The third-order valence-electron chi connectivity index (χ3n) is 4.75. The number of hydrogen-bond acceptors (Lipinski definition) is 3. The summed E-state index contributed by atoms with van der Waals surface area (Å²) in [4.78, 5) is 12.2. The number of hydrogen-bond donors (Lipinski definition) is 1. The van der Waals surface area contributed by atoms with Crippen molar-refractivity contribution in [1.29, 1.82) is 0 Å². The molecule has 0 bridgehead atoms. The Hall–Kier alpha value is -1.63. The zero-order chi connectivity index (χ0) is 19.0. The summed E-state index contributed by atoms with van der Waals surface area (Å²) in [6, 6.07) is 5.57. The van der Waals surface area contributed by atoms with E-state index in [2.05, 4.69) is 5.32 Å². The summed E-state index contributed by atoms with van der Waals surface area (Å²) in [5, 5.41) is 3.09. The summed E-state index contributed by atoms with van der Waals surface area (Å²) < 4.78 is 38.3. The van der Waals surface area contributed by atoms with E-state index in [0.29, 0.717) is 12.1 Å². The molecule has 0 unspecified atom stereocenters. The zero-order valence-electron chi connectivity index (χ0n) is 15.4. The van der Waals surface area contributed by atoms with E-state index in [4.69, 9.17) is 0 Å². The number of carbonyl (C=O) groups is 1. The second-order valence-electron chi connectivity index (χ2n) is 7.02. The molecule has 1 saturated carbocycles. The number of benzene rings is 1. The van der Waals surface area contributed by atoms with E-state index in [9.17, 15) is 17.6 Å². The fourth-order valence-electron chi connectivity index (χ4n) is 3.38. The Morgan fingerprint density at radius 2 is 1.69 bits per heavy atom. The average Bonchev–Trinajstić information content (AvgIpc) is 2.54. The fraction of sp³-hybridized carbons (Fsp3) is 0.632. The molecule has 7 heteroatoms. The molecule has 1 aromatic rings. The van der Waals surface area contributed by atoms with Crippen molar-refractivity contribution in [2.75, 3.05) is 17.1 Å². The van der Waals surface area contributed by atoms with Crippen molar-refractivity contribution >= 4 is 21.6 Å². The Morgan fingerprint density at radius 3 is 2.27 bits per heavy atom. The van der Waals surface area contributed by atoms with Crippen LogP contribution >= 0.6 is 0 Å². The van der Waals surface area contributed by atoms with Crippen LogP contribution in [0.5, 0.6) is 0 Å². The molecule has 0 saturated heterocycles. The molecule has 1 fully saturated rings. The lowest BCUT2D eigenvalue weighted by molar-refractivity contribution is -0.122. The number of carbonyl (C=O) groups excluding carboxylic acids is 1. The maximum atomic E-state index is 13.1. The molecule has 1 aliphatic rings. The molecule has 1 aliphatic carbocycles. The average molecular weight is 385 g/mol. The van der Waals surface area contributed by atoms with Crippen molar-refractivity contribution in [3.8, 4) is 0 Å². The summed E-state index contributed by atoms with van der Waals surface area (Å²) in [5.74, 6) is -0.441. The van der Waals surface area contributed by atoms with Crippen LogP contribution in [0, 0.1) is 5.82 Å². The van der Waals surface area contributed by atoms with Gasteiger partial charge in [0.15, 0.2) is 0 Å². The molecule has 2 rings (SSSR count). The van der Waals surface area contributed by atoms with E-state index in [1.165, 1.54) is 47.8 Å². The summed E-state index contributed by atoms with van der Waals surface area (Å²) in [5.41, 5.74) is 0.411. The smallest absolute Gasteiger partial charge is 0.232 e. The predicted molar refractivity (Wildman–Crippen MR) is 102 cm³/mol. The molecule has 0 aliphatic heterocycles. The minimum atomic E-state index is -3.49. The van der Waals surface area contributed by atoms with Gasteiger partial charge in [0, 0.05) is 19.0 Å². The molecule has 1 aromatic carbocycles. The number of halogens is 1. The van der Waals surface area contributed by atoms with Crippen LogP contribution in [0.4, 0.5) is 10.1 Å². The Morgan fingerprint density at radius 1 is 1.12 bits per heavy atom. The highest BCUT2D eigenvalue weighted by molar-refractivity contribution is 7.92. The lowest BCUT2D eigenvalue weighted by Crippen LogP contribution is -2.36. The van der Waals surface area contributed by atoms with E-state index in [1.807, 2.05) is 0 Å². The Bertz CT molecular complexity index is 669. The molecule has 1 amide bonds. The number of anilines is 1. The first-order valence-electron chi connectivity index (χ1n) is 9.39. The first-order valence-corrected chi connectivity index (χ1v) is 11.2. The van der Waals surface area contributed by atoms with Crippen LogP contribution in [0.1, 0.15) is 57.8 Å². The van der Waals surface area contributed by atoms with Gasteiger partial charge in [-0.2, -0.15) is 0 Å². The number of amides is 1. The molecule has 0 heterocycles. The van der Waals surface area contributed by atoms with Crippen LogP contribution in [0.2, 0.25) is 0 Å². The van der Waals surface area contributed by atoms with Gasteiger partial charge >= 0.3 is 0 Å². The molecule has 0 aromatic heterocycles. The van der Waals surface area contributed by atoms with Crippen molar-refractivity contribution < 1.29 is 17.6 Å². The molecule has 0 radical (unpaired) electrons. The van der Waals surface area contributed by atoms with Crippen molar-refractivity contribution in [3.05, 3.63) is 30.1 Å². The number of rotatable bonds is 7. The molecular weight excluding hydrogens is 355 g/mol. The highest BCUT2D eigenvalue weighted by Crippen LogP contribution is 2.19. The number of sulfonamides is 1. The van der Waals surface area contributed by atoms with E-state index < -0.39 is 15.8 Å². The van der Waals surface area contributed by atoms with Crippen LogP contribution in [0.3, 0.4) is 0 Å². The summed E-state index contributed by atoms with van der Waals surface area (Å²) in [7, 11) is -3.49. The van der Waals surface area contributed by atoms with Crippen LogP contribution in [-0.4, -0.2) is 33.2 Å². The van der Waals surface area contributed by atoms with Gasteiger partial charge in [-0.1, -0.05) is 32.1 Å². The van der Waals surface area contributed by atoms with Gasteiger partial charge in [0.1, 0.15) is 5.82 Å². The molecule has 0 atom stereocenters. The van der Waals surface area contributed by atoms with Gasteiger partial charge in [-0.3, -0.25) is 9.10 Å². The summed E-state index contributed by atoms with van der Waals surface area (Å²) >= 11 is 0. The molecule has 146 valence electrons. The standard InChI is InChI=1S/C19H29FN2O3S/c1-26(24,25)22(18-13-11-16(20)12-14-18)15-7-10-19(23)21-17-8-5-3-2-4-6-9-17/h11-14,17H,2-10,15H2,1H3,(H,21,23). The fourth-order valence-corrected chi connectivity index (χ4v) is 4.34. The van der Waals surface area contributed by atoms with E-state index >= 15 is 0 Å². The SMILES string of the molecule is CS(=O)(=O)N(CCCC(=O)NC1CCCCCCC1)c1ccc(F)cc1. The van der Waals surface area contributed by atoms with Crippen molar-refractivity contribution in [2.45, 2.75) is 63.8 Å². The minimum absolute atomic E-state index is 0.0249. The van der Waals surface area contributed by atoms with Crippen LogP contribution in [0.25, 0.3) is 0 Å². The third kappa shape index (κ3) is 6.94. The largest absolute Gasteiger partial charge is 0.353 e. The number of nitrogens with zero attached hydrogens (tertiary/aromatic N) is 1. The normalized spacial score (nSPS) is 16.5. The highest BCUT2D eigenvalue weighted by Gasteiger charge is 2.18. The quantitative estimate of drug-likeness (QED) is 0.781. The summed E-state index contributed by atoms with van der Waals surface area (Å²) in [6.07, 6.45) is 9.91. The Kier molecular flexibility index (Phi) is 7.87. The Balaban J connectivity index is 1.84. The van der Waals surface area contributed by atoms with E-state index in [0.717, 1.165) is 31.9 Å². The van der Waals surface area contributed by atoms with Crippen LogP contribution < -0.4 is 9.62 Å². The van der Waals surface area contributed by atoms with Crippen molar-refractivity contribution in [1.82, 2.24) is 5.32 Å². The van der Waals surface area contributed by atoms with Crippen molar-refractivity contribution in [3.63, 3.8) is 0 Å². The van der Waals surface area contributed by atoms with Gasteiger partial charge in [-0.05, 0) is 43.5 Å². The minimum Gasteiger partial charge on any atom is -0.353 e. The Labute approximate surface area is 156 Å². The van der Waals surface area contributed by atoms with Gasteiger partial charge in [0.2, 0.25) is 15.9 Å². The lowest BCUT2D eigenvalue weighted by Gasteiger charge is -2.23. The van der Waals surface area contributed by atoms with Crippen molar-refractivity contribution in [2.24, 2.45) is 0 Å². The third-order valence-corrected chi connectivity index (χ3v) is 5.94. The van der Waals surface area contributed by atoms with Gasteiger partial charge < -0.3 is 5.32 Å². The van der Waals surface area contributed by atoms with E-state index in [-0.39, 0.29) is 24.9 Å². The summed E-state index contributed by atoms with van der Waals surface area (Å²) in [6.45, 7) is 0.197. The van der Waals surface area contributed by atoms with Gasteiger partial charge in [0.05, 0.1) is 11.9 Å². The maximum absolute atomic E-state index is 13.1. The highest BCUT2D eigenvalue weighted by atomic mass is 32.2. The monoisotopic (exact) mass is 384 g/mol. The first-order chi connectivity index (χ1) is 12.4. The molecule has 0 spiro atoms. The number of nitrogens with one attached hydrogen (secondary N) is 1. The molecule has 1 N–H and O–H groups in total. The molecule has 26 heavy (non-hydrogen) atoms. The van der Waals surface area contributed by atoms with Crippen LogP contribution in [0.15, 0.2) is 24.3 Å². The zero-order valence-corrected chi connectivity index (χ0v) is 16.2. The molecular formula is C19H29FN2O3S. The van der Waals surface area contributed by atoms with E-state index in [1.54, 1.807) is 0 Å². The topological polar surface area (TPSA) is 66.5 Å². The maximum Gasteiger partial charge on any atom is 0.232 e. The second-order valence-corrected chi connectivity index (χ2v) is 8.93. The van der Waals surface area contributed by atoms with Gasteiger partial charge in [-0.15, -0.1) is 0 Å². The lowest BCUT2D eigenvalue weighted by atomic mass is 9.96. The van der Waals surface area contributed by atoms with Gasteiger partial charge in [-0.25, -0.2) is 12.8 Å². The first kappa shape index (κ1) is 20.7. The second kappa shape index (κ2) is 9.90.